The molecular weight excluding hydrogens is 609 g/mol. The minimum atomic E-state index is -0.607. The Kier molecular flexibility index (Phi) is 9.00. The van der Waals surface area contributed by atoms with Crippen molar-refractivity contribution in [2.75, 3.05) is 5.75 Å². The number of thioether (sulfide) groups is 1. The van der Waals surface area contributed by atoms with Gasteiger partial charge in [-0.1, -0.05) is 85.8 Å². The van der Waals surface area contributed by atoms with Gasteiger partial charge in [-0.05, 0) is 64.2 Å². The number of carbonyl (C=O) groups excluding carboxylic acids is 2. The number of imide groups is 1. The normalized spacial score (nSPS) is 20.8. The Morgan fingerprint density at radius 1 is 0.745 bits per heavy atom. The number of rotatable bonds is 9. The number of aromatic nitrogens is 1. The maximum Gasteiger partial charge on any atom is 0.261 e. The lowest BCUT2D eigenvalue weighted by Gasteiger charge is -2.41. The summed E-state index contributed by atoms with van der Waals surface area (Å²) in [5.41, 5.74) is 6.47. The highest BCUT2D eigenvalue weighted by Gasteiger charge is 2.39. The van der Waals surface area contributed by atoms with E-state index in [1.807, 2.05) is 84.9 Å². The average Bonchev–Trinajstić information content (AvgIpc) is 3.36. The van der Waals surface area contributed by atoms with E-state index < -0.39 is 6.29 Å². The van der Waals surface area contributed by atoms with Crippen LogP contribution in [0.3, 0.4) is 0 Å². The Morgan fingerprint density at radius 3 is 2.15 bits per heavy atom. The number of benzene rings is 4. The summed E-state index contributed by atoms with van der Waals surface area (Å²) in [6, 6.07) is 36.8. The summed E-state index contributed by atoms with van der Waals surface area (Å²) >= 11 is 1.67. The molecular formula is C39H34N2O5S. The second kappa shape index (κ2) is 13.6. The SMILES string of the molecule is CC1C(CSc2ccccn2)OC(c2cccc(-c3cccc(CN4C(=O)c5ccccc5C4=O)c3)c2)OC1c1ccc(CO)cc1. The highest BCUT2D eigenvalue weighted by molar-refractivity contribution is 7.99. The summed E-state index contributed by atoms with van der Waals surface area (Å²) in [7, 11) is 0. The van der Waals surface area contributed by atoms with Gasteiger partial charge in [0.15, 0.2) is 6.29 Å². The first-order valence-corrected chi connectivity index (χ1v) is 16.7. The first-order valence-electron chi connectivity index (χ1n) is 15.7. The van der Waals surface area contributed by atoms with Crippen molar-refractivity contribution in [1.82, 2.24) is 9.88 Å². The molecule has 5 aromatic rings. The van der Waals surface area contributed by atoms with Crippen molar-refractivity contribution in [1.29, 1.82) is 0 Å². The topological polar surface area (TPSA) is 89.0 Å². The monoisotopic (exact) mass is 642 g/mol. The fourth-order valence-corrected chi connectivity index (χ4v) is 7.22. The quantitative estimate of drug-likeness (QED) is 0.131. The van der Waals surface area contributed by atoms with E-state index in [1.54, 1.807) is 42.2 Å². The van der Waals surface area contributed by atoms with Gasteiger partial charge in [-0.25, -0.2) is 4.98 Å². The average molecular weight is 643 g/mol. The maximum atomic E-state index is 13.0. The predicted molar refractivity (Wildman–Crippen MR) is 180 cm³/mol. The van der Waals surface area contributed by atoms with E-state index in [-0.39, 0.29) is 43.1 Å². The molecule has 0 aliphatic carbocycles. The summed E-state index contributed by atoms with van der Waals surface area (Å²) in [5, 5.41) is 10.5. The molecule has 0 radical (unpaired) electrons. The highest BCUT2D eigenvalue weighted by Crippen LogP contribution is 2.43. The molecule has 3 heterocycles. The molecule has 0 spiro atoms. The van der Waals surface area contributed by atoms with Crippen LogP contribution < -0.4 is 0 Å². The van der Waals surface area contributed by atoms with Crippen LogP contribution in [-0.2, 0) is 22.6 Å². The number of ether oxygens (including phenoxy) is 2. The maximum absolute atomic E-state index is 13.0. The zero-order chi connectivity index (χ0) is 32.3. The Bertz CT molecular complexity index is 1860. The molecule has 2 amide bonds. The largest absolute Gasteiger partial charge is 0.392 e. The third-order valence-electron chi connectivity index (χ3n) is 8.79. The minimum absolute atomic E-state index is 0.0112. The summed E-state index contributed by atoms with van der Waals surface area (Å²) in [6.45, 7) is 2.34. The molecule has 8 heteroatoms. The van der Waals surface area contributed by atoms with Crippen molar-refractivity contribution in [3.8, 4) is 11.1 Å². The van der Waals surface area contributed by atoms with Crippen molar-refractivity contribution in [2.24, 2.45) is 5.92 Å². The zero-order valence-electron chi connectivity index (χ0n) is 25.9. The van der Waals surface area contributed by atoms with Gasteiger partial charge in [0.2, 0.25) is 0 Å². The Balaban J connectivity index is 1.14. The van der Waals surface area contributed by atoms with Gasteiger partial charge < -0.3 is 14.6 Å². The Hall–Kier alpha value is -4.60. The number of fused-ring (bicyclic) bond motifs is 1. The molecule has 4 unspecified atom stereocenters. The third kappa shape index (κ3) is 6.50. The van der Waals surface area contributed by atoms with Crippen LogP contribution in [0.2, 0.25) is 0 Å². The number of pyridine rings is 1. The van der Waals surface area contributed by atoms with Crippen LogP contribution in [0.25, 0.3) is 11.1 Å². The summed E-state index contributed by atoms with van der Waals surface area (Å²) < 4.78 is 13.4. The summed E-state index contributed by atoms with van der Waals surface area (Å²) in [4.78, 5) is 31.8. The number of amides is 2. The van der Waals surface area contributed by atoms with E-state index in [0.717, 1.165) is 38.4 Å². The van der Waals surface area contributed by atoms with Gasteiger partial charge in [0.25, 0.3) is 11.8 Å². The standard InChI is InChI=1S/C39H34N2O5S/c1-25-34(24-47-35-14-4-5-19-40-35)45-39(46-36(25)28-17-15-26(23-42)16-18-28)31-11-7-10-30(21-31)29-9-6-8-27(20-29)22-41-37(43)32-12-2-3-13-33(32)38(41)44/h2-21,25,34,36,39,42H,22-24H2,1H3. The van der Waals surface area contributed by atoms with E-state index in [2.05, 4.69) is 18.0 Å². The number of hydrogen-bond acceptors (Lipinski definition) is 7. The summed E-state index contributed by atoms with van der Waals surface area (Å²) in [6.07, 6.45) is 0.854. The van der Waals surface area contributed by atoms with Crippen molar-refractivity contribution in [3.63, 3.8) is 0 Å². The van der Waals surface area contributed by atoms with Gasteiger partial charge in [-0.2, -0.15) is 0 Å². The molecule has 0 saturated carbocycles. The van der Waals surface area contributed by atoms with E-state index in [4.69, 9.17) is 9.47 Å². The molecule has 2 aliphatic rings. The van der Waals surface area contributed by atoms with Gasteiger partial charge in [0, 0.05) is 23.4 Å². The van der Waals surface area contributed by atoms with Crippen LogP contribution in [0.5, 0.6) is 0 Å². The van der Waals surface area contributed by atoms with E-state index in [1.165, 1.54) is 4.90 Å². The summed E-state index contributed by atoms with van der Waals surface area (Å²) in [5.74, 6) is 0.234. The van der Waals surface area contributed by atoms with E-state index in [9.17, 15) is 14.7 Å². The van der Waals surface area contributed by atoms with Gasteiger partial charge in [0.05, 0.1) is 41.5 Å². The molecule has 236 valence electrons. The lowest BCUT2D eigenvalue weighted by atomic mass is 9.91. The zero-order valence-corrected chi connectivity index (χ0v) is 26.7. The van der Waals surface area contributed by atoms with E-state index in [0.29, 0.717) is 16.9 Å². The lowest BCUT2D eigenvalue weighted by molar-refractivity contribution is -0.268. The molecule has 1 N–H and O–H groups in total. The molecule has 7 rings (SSSR count). The van der Waals surface area contributed by atoms with Gasteiger partial charge in [0.1, 0.15) is 0 Å². The molecule has 0 bridgehead atoms. The molecule has 1 aromatic heterocycles. The third-order valence-corrected chi connectivity index (χ3v) is 9.83. The van der Waals surface area contributed by atoms with Crippen LogP contribution in [0.15, 0.2) is 126 Å². The number of aliphatic hydroxyl groups is 1. The molecule has 2 aliphatic heterocycles. The molecule has 1 saturated heterocycles. The minimum Gasteiger partial charge on any atom is -0.392 e. The van der Waals surface area contributed by atoms with E-state index >= 15 is 0 Å². The predicted octanol–water partition coefficient (Wildman–Crippen LogP) is 7.62. The van der Waals surface area contributed by atoms with Crippen molar-refractivity contribution >= 4 is 23.6 Å². The van der Waals surface area contributed by atoms with Crippen molar-refractivity contribution in [3.05, 3.63) is 155 Å². The highest BCUT2D eigenvalue weighted by atomic mass is 32.2. The fourth-order valence-electron chi connectivity index (χ4n) is 6.19. The second-order valence-corrected chi connectivity index (χ2v) is 12.9. The van der Waals surface area contributed by atoms with Crippen molar-refractivity contribution < 1.29 is 24.2 Å². The first kappa shape index (κ1) is 31.0. The van der Waals surface area contributed by atoms with Gasteiger partial charge in [-0.15, -0.1) is 11.8 Å². The van der Waals surface area contributed by atoms with Gasteiger partial charge in [-0.3, -0.25) is 14.5 Å². The molecule has 4 aromatic carbocycles. The van der Waals surface area contributed by atoms with Crippen molar-refractivity contribution in [2.45, 2.75) is 43.6 Å². The Morgan fingerprint density at radius 2 is 1.45 bits per heavy atom. The smallest absolute Gasteiger partial charge is 0.261 e. The molecule has 47 heavy (non-hydrogen) atoms. The van der Waals surface area contributed by atoms with Gasteiger partial charge >= 0.3 is 0 Å². The molecule has 7 nitrogen and oxygen atoms in total. The van der Waals surface area contributed by atoms with Crippen LogP contribution in [0.4, 0.5) is 0 Å². The van der Waals surface area contributed by atoms with Crippen LogP contribution in [0, 0.1) is 5.92 Å². The Labute approximate surface area is 278 Å². The second-order valence-electron chi connectivity index (χ2n) is 11.9. The number of hydrogen-bond donors (Lipinski definition) is 1. The van der Waals surface area contributed by atoms with Crippen LogP contribution in [0.1, 0.15) is 62.3 Å². The van der Waals surface area contributed by atoms with Crippen LogP contribution >= 0.6 is 11.8 Å². The lowest BCUT2D eigenvalue weighted by Crippen LogP contribution is -2.38. The van der Waals surface area contributed by atoms with Crippen LogP contribution in [-0.4, -0.2) is 38.7 Å². The fraction of sp³-hybridized carbons (Fsp3) is 0.205. The number of carbonyl (C=O) groups is 2. The number of nitrogens with zero attached hydrogens (tertiary/aromatic N) is 2. The first-order chi connectivity index (χ1) is 23.0. The molecule has 4 atom stereocenters. The molecule has 1 fully saturated rings. The number of aliphatic hydroxyl groups excluding tert-OH is 1.